The zero-order valence-corrected chi connectivity index (χ0v) is 13.9. The lowest BCUT2D eigenvalue weighted by atomic mass is 9.75. The third-order valence-electron chi connectivity index (χ3n) is 5.70. The van der Waals surface area contributed by atoms with E-state index in [4.69, 9.17) is 0 Å². The van der Waals surface area contributed by atoms with E-state index in [2.05, 4.69) is 39.5 Å². The van der Waals surface area contributed by atoms with Crippen LogP contribution in [0.1, 0.15) is 51.3 Å². The molecule has 4 rings (SSSR count). The molecule has 5 heteroatoms. The molecule has 1 aromatic carbocycles. The Morgan fingerprint density at radius 3 is 2.43 bits per heavy atom. The molecule has 0 spiro atoms. The van der Waals surface area contributed by atoms with Crippen LogP contribution in [0.25, 0.3) is 5.69 Å². The molecule has 0 radical (unpaired) electrons. The second kappa shape index (κ2) is 6.04. The molecule has 2 fully saturated rings. The second-order valence-corrected chi connectivity index (χ2v) is 7.16. The summed E-state index contributed by atoms with van der Waals surface area (Å²) >= 11 is 0. The first kappa shape index (κ1) is 14.8. The Kier molecular flexibility index (Phi) is 3.89. The van der Waals surface area contributed by atoms with Crippen molar-refractivity contribution in [2.75, 3.05) is 13.1 Å². The van der Waals surface area contributed by atoms with Gasteiger partial charge in [-0.05, 0) is 80.1 Å². The zero-order valence-electron chi connectivity index (χ0n) is 13.9. The molecule has 1 aliphatic heterocycles. The summed E-state index contributed by atoms with van der Waals surface area (Å²) in [6, 6.07) is 10.3. The van der Waals surface area contributed by atoms with E-state index in [1.807, 2.05) is 22.9 Å². The fraction of sp³-hybridized carbons (Fsp3) is 0.611. The van der Waals surface area contributed by atoms with Gasteiger partial charge in [0.05, 0.1) is 11.2 Å². The van der Waals surface area contributed by atoms with Gasteiger partial charge in [0.15, 0.2) is 5.82 Å². The van der Waals surface area contributed by atoms with E-state index in [1.165, 1.54) is 51.6 Å². The van der Waals surface area contributed by atoms with Gasteiger partial charge in [-0.15, -0.1) is 5.10 Å². The Morgan fingerprint density at radius 2 is 1.74 bits per heavy atom. The van der Waals surface area contributed by atoms with Crippen LogP contribution >= 0.6 is 0 Å². The summed E-state index contributed by atoms with van der Waals surface area (Å²) in [4.78, 5) is 2.66. The van der Waals surface area contributed by atoms with Crippen LogP contribution in [0.4, 0.5) is 0 Å². The Bertz CT molecular complexity index is 636. The maximum Gasteiger partial charge on any atom is 0.176 e. The van der Waals surface area contributed by atoms with E-state index in [0.717, 1.165) is 17.4 Å². The molecule has 1 saturated carbocycles. The van der Waals surface area contributed by atoms with Crippen LogP contribution in [0, 0.1) is 5.92 Å². The highest BCUT2D eigenvalue weighted by atomic mass is 15.6. The van der Waals surface area contributed by atoms with Gasteiger partial charge in [-0.25, -0.2) is 0 Å². The molecule has 23 heavy (non-hydrogen) atoms. The average molecular weight is 311 g/mol. The molecule has 1 saturated heterocycles. The molecule has 5 nitrogen and oxygen atoms in total. The predicted octanol–water partition coefficient (Wildman–Crippen LogP) is 3.16. The number of para-hydroxylation sites is 1. The summed E-state index contributed by atoms with van der Waals surface area (Å²) in [5.74, 6) is 1.85. The van der Waals surface area contributed by atoms with E-state index in [1.54, 1.807) is 0 Å². The minimum Gasteiger partial charge on any atom is -0.291 e. The van der Waals surface area contributed by atoms with Gasteiger partial charge in [-0.1, -0.05) is 25.1 Å². The molecular weight excluding hydrogens is 286 g/mol. The Morgan fingerprint density at radius 1 is 1.04 bits per heavy atom. The lowest BCUT2D eigenvalue weighted by Gasteiger charge is -2.44. The number of likely N-dealkylation sites (tertiary alicyclic amines) is 1. The molecule has 1 aliphatic carbocycles. The molecular formula is C18H25N5. The molecule has 2 aromatic rings. The smallest absolute Gasteiger partial charge is 0.176 e. The minimum atomic E-state index is 0.0162. The molecule has 0 bridgehead atoms. The number of rotatable bonds is 3. The first-order valence-electron chi connectivity index (χ1n) is 8.89. The van der Waals surface area contributed by atoms with Gasteiger partial charge in [0, 0.05) is 0 Å². The summed E-state index contributed by atoms with van der Waals surface area (Å²) in [6.07, 6.45) is 7.45. The van der Waals surface area contributed by atoms with Crippen molar-refractivity contribution in [2.24, 2.45) is 5.92 Å². The van der Waals surface area contributed by atoms with Crippen LogP contribution < -0.4 is 0 Å². The summed E-state index contributed by atoms with van der Waals surface area (Å²) in [6.45, 7) is 4.72. The van der Waals surface area contributed by atoms with Crippen molar-refractivity contribution in [3.63, 3.8) is 0 Å². The monoisotopic (exact) mass is 311 g/mol. The number of tetrazole rings is 1. The molecule has 0 unspecified atom stereocenters. The van der Waals surface area contributed by atoms with Crippen LogP contribution in [0.5, 0.6) is 0 Å². The van der Waals surface area contributed by atoms with Gasteiger partial charge < -0.3 is 0 Å². The number of benzene rings is 1. The number of hydrogen-bond donors (Lipinski definition) is 0. The first-order valence-corrected chi connectivity index (χ1v) is 8.89. The number of aromatic nitrogens is 4. The van der Waals surface area contributed by atoms with Gasteiger partial charge >= 0.3 is 0 Å². The number of hydrogen-bond acceptors (Lipinski definition) is 4. The standard InChI is InChI=1S/C18H25N5/c1-15-9-11-18(12-10-15,22-13-5-6-14-22)17-19-20-21-23(17)16-7-3-2-4-8-16/h2-4,7-8,15H,5-6,9-14H2,1H3. The van der Waals surface area contributed by atoms with Crippen LogP contribution in [-0.4, -0.2) is 38.2 Å². The lowest BCUT2D eigenvalue weighted by molar-refractivity contribution is 0.0455. The first-order chi connectivity index (χ1) is 11.3. The van der Waals surface area contributed by atoms with Crippen LogP contribution in [0.15, 0.2) is 30.3 Å². The normalized spacial score (nSPS) is 29.0. The van der Waals surface area contributed by atoms with E-state index in [9.17, 15) is 0 Å². The number of nitrogens with zero attached hydrogens (tertiary/aromatic N) is 5. The van der Waals surface area contributed by atoms with Crippen molar-refractivity contribution in [3.8, 4) is 5.69 Å². The van der Waals surface area contributed by atoms with Crippen LogP contribution in [0.3, 0.4) is 0 Å². The van der Waals surface area contributed by atoms with E-state index >= 15 is 0 Å². The Balaban J connectivity index is 1.77. The van der Waals surface area contributed by atoms with Crippen molar-refractivity contribution >= 4 is 0 Å². The summed E-state index contributed by atoms with van der Waals surface area (Å²) in [7, 11) is 0. The van der Waals surface area contributed by atoms with E-state index in [-0.39, 0.29) is 5.54 Å². The molecule has 1 aromatic heterocycles. The molecule has 0 amide bonds. The van der Waals surface area contributed by atoms with Crippen molar-refractivity contribution in [3.05, 3.63) is 36.2 Å². The van der Waals surface area contributed by atoms with Crippen molar-refractivity contribution in [1.29, 1.82) is 0 Å². The van der Waals surface area contributed by atoms with Crippen molar-refractivity contribution in [2.45, 2.75) is 51.0 Å². The predicted molar refractivity (Wildman–Crippen MR) is 89.3 cm³/mol. The van der Waals surface area contributed by atoms with Gasteiger partial charge in [0.2, 0.25) is 0 Å². The third-order valence-corrected chi connectivity index (χ3v) is 5.70. The van der Waals surface area contributed by atoms with E-state index in [0.29, 0.717) is 0 Å². The van der Waals surface area contributed by atoms with Gasteiger partial charge in [0.1, 0.15) is 0 Å². The van der Waals surface area contributed by atoms with Crippen molar-refractivity contribution < 1.29 is 0 Å². The third kappa shape index (κ3) is 2.57. The van der Waals surface area contributed by atoms with E-state index < -0.39 is 0 Å². The Hall–Kier alpha value is -1.75. The fourth-order valence-corrected chi connectivity index (χ4v) is 4.29. The summed E-state index contributed by atoms with van der Waals surface area (Å²) in [5, 5.41) is 12.9. The topological polar surface area (TPSA) is 46.8 Å². The van der Waals surface area contributed by atoms with Crippen molar-refractivity contribution in [1.82, 2.24) is 25.1 Å². The Labute approximate surface area is 137 Å². The highest BCUT2D eigenvalue weighted by Gasteiger charge is 2.46. The second-order valence-electron chi connectivity index (χ2n) is 7.16. The highest BCUT2D eigenvalue weighted by molar-refractivity contribution is 5.32. The quantitative estimate of drug-likeness (QED) is 0.873. The van der Waals surface area contributed by atoms with Crippen LogP contribution in [-0.2, 0) is 5.54 Å². The highest BCUT2D eigenvalue weighted by Crippen LogP contribution is 2.44. The van der Waals surface area contributed by atoms with Gasteiger partial charge in [0.25, 0.3) is 0 Å². The molecule has 2 heterocycles. The maximum absolute atomic E-state index is 4.52. The SMILES string of the molecule is CC1CCC(c2nnnn2-c2ccccc2)(N2CCCC2)CC1. The largest absolute Gasteiger partial charge is 0.291 e. The van der Waals surface area contributed by atoms with Gasteiger partial charge in [-0.2, -0.15) is 4.68 Å². The summed E-state index contributed by atoms with van der Waals surface area (Å²) in [5.41, 5.74) is 1.08. The van der Waals surface area contributed by atoms with Crippen LogP contribution in [0.2, 0.25) is 0 Å². The summed E-state index contributed by atoms with van der Waals surface area (Å²) < 4.78 is 1.97. The fourth-order valence-electron chi connectivity index (χ4n) is 4.29. The average Bonchev–Trinajstić information content (AvgIpc) is 3.29. The molecule has 122 valence electrons. The minimum absolute atomic E-state index is 0.0162. The molecule has 2 aliphatic rings. The zero-order chi connectivity index (χ0) is 15.7. The molecule has 0 atom stereocenters. The molecule has 0 N–H and O–H groups in total. The maximum atomic E-state index is 4.52. The lowest BCUT2D eigenvalue weighted by Crippen LogP contribution is -2.48. The van der Waals surface area contributed by atoms with Gasteiger partial charge in [-0.3, -0.25) is 4.90 Å².